The number of ether oxygens (including phenoxy) is 2. The van der Waals surface area contributed by atoms with Gasteiger partial charge in [-0.2, -0.15) is 0 Å². The highest BCUT2D eigenvalue weighted by molar-refractivity contribution is 5.85. The van der Waals surface area contributed by atoms with Crippen molar-refractivity contribution in [1.29, 1.82) is 0 Å². The summed E-state index contributed by atoms with van der Waals surface area (Å²) in [5.74, 6) is 0.777. The van der Waals surface area contributed by atoms with Gasteiger partial charge in [-0.25, -0.2) is 0 Å². The first kappa shape index (κ1) is 19.7. The predicted molar refractivity (Wildman–Crippen MR) is 86.1 cm³/mol. The zero-order valence-corrected chi connectivity index (χ0v) is 13.9. The molecule has 5 nitrogen and oxygen atoms in total. The Labute approximate surface area is 133 Å². The molecule has 0 aliphatic rings. The van der Waals surface area contributed by atoms with Crippen LogP contribution in [0.3, 0.4) is 0 Å². The van der Waals surface area contributed by atoms with Crippen molar-refractivity contribution in [2.45, 2.75) is 19.6 Å². The minimum absolute atomic E-state index is 0. The standard InChI is InChI=1S/C15H24N2O3.ClH/c1-12(15(18)17(3)9-8-16-2)20-11-13-6-5-7-14(10-13)19-4;/h5-7,10,12,16H,8-9,11H2,1-4H3;1H. The number of rotatable bonds is 8. The van der Waals surface area contributed by atoms with Gasteiger partial charge in [0.1, 0.15) is 11.9 Å². The van der Waals surface area contributed by atoms with Crippen molar-refractivity contribution in [3.63, 3.8) is 0 Å². The van der Waals surface area contributed by atoms with Gasteiger partial charge in [-0.1, -0.05) is 12.1 Å². The Hall–Kier alpha value is -1.30. The molecule has 1 amide bonds. The van der Waals surface area contributed by atoms with Crippen molar-refractivity contribution < 1.29 is 14.3 Å². The van der Waals surface area contributed by atoms with Crippen molar-refractivity contribution in [1.82, 2.24) is 10.2 Å². The summed E-state index contributed by atoms with van der Waals surface area (Å²) < 4.78 is 10.8. The smallest absolute Gasteiger partial charge is 0.251 e. The second-order valence-electron chi connectivity index (χ2n) is 4.67. The lowest BCUT2D eigenvalue weighted by Crippen LogP contribution is -2.39. The molecule has 0 bridgehead atoms. The Morgan fingerprint density at radius 2 is 2.14 bits per heavy atom. The fraction of sp³-hybridized carbons (Fsp3) is 0.533. The fourth-order valence-electron chi connectivity index (χ4n) is 1.75. The molecule has 0 aromatic heterocycles. The van der Waals surface area contributed by atoms with Crippen LogP contribution >= 0.6 is 12.4 Å². The number of benzene rings is 1. The summed E-state index contributed by atoms with van der Waals surface area (Å²) in [6.45, 7) is 3.61. The summed E-state index contributed by atoms with van der Waals surface area (Å²) in [6.07, 6.45) is -0.456. The number of hydrogen-bond donors (Lipinski definition) is 1. The Morgan fingerprint density at radius 3 is 2.76 bits per heavy atom. The monoisotopic (exact) mass is 316 g/mol. The SMILES string of the molecule is CNCCN(C)C(=O)C(C)OCc1cccc(OC)c1.Cl. The first-order valence-electron chi connectivity index (χ1n) is 6.72. The molecule has 120 valence electrons. The third kappa shape index (κ3) is 6.80. The molecule has 0 spiro atoms. The Kier molecular flexibility index (Phi) is 9.78. The molecule has 1 unspecified atom stereocenters. The second-order valence-corrected chi connectivity index (χ2v) is 4.67. The van der Waals surface area contributed by atoms with Gasteiger partial charge < -0.3 is 19.7 Å². The van der Waals surface area contributed by atoms with E-state index in [1.54, 1.807) is 26.0 Å². The van der Waals surface area contributed by atoms with Crippen LogP contribution in [-0.4, -0.2) is 51.2 Å². The molecule has 6 heteroatoms. The van der Waals surface area contributed by atoms with E-state index >= 15 is 0 Å². The fourth-order valence-corrected chi connectivity index (χ4v) is 1.75. The van der Waals surface area contributed by atoms with Crippen molar-refractivity contribution in [2.75, 3.05) is 34.3 Å². The van der Waals surface area contributed by atoms with E-state index in [4.69, 9.17) is 9.47 Å². The molecule has 0 saturated heterocycles. The van der Waals surface area contributed by atoms with Crippen LogP contribution in [0.1, 0.15) is 12.5 Å². The quantitative estimate of drug-likeness (QED) is 0.793. The molecule has 1 atom stereocenters. The zero-order chi connectivity index (χ0) is 15.0. The van der Waals surface area contributed by atoms with Gasteiger partial charge in [0, 0.05) is 20.1 Å². The van der Waals surface area contributed by atoms with E-state index in [2.05, 4.69) is 5.32 Å². The molecular weight excluding hydrogens is 292 g/mol. The molecular formula is C15H25ClN2O3. The van der Waals surface area contributed by atoms with E-state index in [0.717, 1.165) is 17.9 Å². The predicted octanol–water partition coefficient (Wildman–Crippen LogP) is 1.70. The Bertz CT molecular complexity index is 429. The lowest BCUT2D eigenvalue weighted by molar-refractivity contribution is -0.141. The number of hydrogen-bond acceptors (Lipinski definition) is 4. The first-order chi connectivity index (χ1) is 9.58. The lowest BCUT2D eigenvalue weighted by Gasteiger charge is -2.21. The molecule has 0 saturated carbocycles. The minimum Gasteiger partial charge on any atom is -0.497 e. The van der Waals surface area contributed by atoms with E-state index in [-0.39, 0.29) is 18.3 Å². The van der Waals surface area contributed by atoms with Gasteiger partial charge in [0.25, 0.3) is 5.91 Å². The highest BCUT2D eigenvalue weighted by Gasteiger charge is 2.17. The molecule has 0 aliphatic heterocycles. The van der Waals surface area contributed by atoms with Crippen LogP contribution in [0.2, 0.25) is 0 Å². The van der Waals surface area contributed by atoms with Crippen LogP contribution in [-0.2, 0) is 16.1 Å². The lowest BCUT2D eigenvalue weighted by atomic mass is 10.2. The summed E-state index contributed by atoms with van der Waals surface area (Å²) in [7, 11) is 5.27. The summed E-state index contributed by atoms with van der Waals surface area (Å²) in [4.78, 5) is 13.7. The van der Waals surface area contributed by atoms with E-state index in [0.29, 0.717) is 13.2 Å². The van der Waals surface area contributed by atoms with Gasteiger partial charge in [0.15, 0.2) is 0 Å². The molecule has 1 aromatic carbocycles. The summed E-state index contributed by atoms with van der Waals surface area (Å²) in [5, 5.41) is 3.01. The van der Waals surface area contributed by atoms with E-state index in [1.165, 1.54) is 0 Å². The van der Waals surface area contributed by atoms with Crippen LogP contribution < -0.4 is 10.1 Å². The highest BCUT2D eigenvalue weighted by Crippen LogP contribution is 2.14. The largest absolute Gasteiger partial charge is 0.497 e. The van der Waals surface area contributed by atoms with Gasteiger partial charge in [0.05, 0.1) is 13.7 Å². The summed E-state index contributed by atoms with van der Waals surface area (Å²) >= 11 is 0. The van der Waals surface area contributed by atoms with E-state index in [9.17, 15) is 4.79 Å². The van der Waals surface area contributed by atoms with Gasteiger partial charge >= 0.3 is 0 Å². The normalized spacial score (nSPS) is 11.4. The van der Waals surface area contributed by atoms with E-state index in [1.807, 2.05) is 31.3 Å². The van der Waals surface area contributed by atoms with Crippen LogP contribution in [0.25, 0.3) is 0 Å². The molecule has 1 aromatic rings. The van der Waals surface area contributed by atoms with Crippen LogP contribution in [0.4, 0.5) is 0 Å². The average Bonchev–Trinajstić information content (AvgIpc) is 2.49. The first-order valence-corrected chi connectivity index (χ1v) is 6.72. The number of carbonyl (C=O) groups excluding carboxylic acids is 1. The average molecular weight is 317 g/mol. The number of nitrogens with one attached hydrogen (secondary N) is 1. The maximum Gasteiger partial charge on any atom is 0.251 e. The topological polar surface area (TPSA) is 50.8 Å². The number of likely N-dealkylation sites (N-methyl/N-ethyl adjacent to an activating group) is 2. The number of halogens is 1. The molecule has 0 radical (unpaired) electrons. The molecule has 1 rings (SSSR count). The number of carbonyl (C=O) groups is 1. The van der Waals surface area contributed by atoms with Crippen molar-refractivity contribution in [3.8, 4) is 5.75 Å². The zero-order valence-electron chi connectivity index (χ0n) is 13.1. The summed E-state index contributed by atoms with van der Waals surface area (Å²) in [6, 6.07) is 7.64. The number of nitrogens with zero attached hydrogens (tertiary/aromatic N) is 1. The van der Waals surface area contributed by atoms with Crippen molar-refractivity contribution in [3.05, 3.63) is 29.8 Å². The molecule has 21 heavy (non-hydrogen) atoms. The Morgan fingerprint density at radius 1 is 1.43 bits per heavy atom. The number of amides is 1. The van der Waals surface area contributed by atoms with Crippen molar-refractivity contribution in [2.24, 2.45) is 0 Å². The van der Waals surface area contributed by atoms with Gasteiger partial charge in [-0.05, 0) is 31.7 Å². The Balaban J connectivity index is 0.00000400. The highest BCUT2D eigenvalue weighted by atomic mass is 35.5. The second kappa shape index (κ2) is 10.4. The van der Waals surface area contributed by atoms with Crippen LogP contribution in [0, 0.1) is 0 Å². The third-order valence-electron chi connectivity index (χ3n) is 3.06. The van der Waals surface area contributed by atoms with Gasteiger partial charge in [-0.3, -0.25) is 4.79 Å². The maximum absolute atomic E-state index is 12.0. The number of methoxy groups -OCH3 is 1. The maximum atomic E-state index is 12.0. The van der Waals surface area contributed by atoms with Crippen molar-refractivity contribution >= 4 is 18.3 Å². The van der Waals surface area contributed by atoms with Gasteiger partial charge in [-0.15, -0.1) is 12.4 Å². The minimum atomic E-state index is -0.456. The molecule has 0 heterocycles. The molecule has 1 N–H and O–H groups in total. The third-order valence-corrected chi connectivity index (χ3v) is 3.06. The van der Waals surface area contributed by atoms with Gasteiger partial charge in [0.2, 0.25) is 0 Å². The molecule has 0 aliphatic carbocycles. The summed E-state index contributed by atoms with van der Waals surface area (Å²) in [5.41, 5.74) is 0.988. The molecule has 0 fully saturated rings. The van der Waals surface area contributed by atoms with Crippen LogP contribution in [0.5, 0.6) is 5.75 Å². The van der Waals surface area contributed by atoms with E-state index < -0.39 is 6.10 Å². The van der Waals surface area contributed by atoms with Crippen LogP contribution in [0.15, 0.2) is 24.3 Å².